The first-order valence-corrected chi connectivity index (χ1v) is 8.71. The summed E-state index contributed by atoms with van der Waals surface area (Å²) in [7, 11) is -2.10. The Kier molecular flexibility index (Phi) is 5.40. The Labute approximate surface area is 136 Å². The van der Waals surface area contributed by atoms with Crippen LogP contribution in [0.2, 0.25) is 0 Å². The van der Waals surface area contributed by atoms with Crippen LogP contribution < -0.4 is 9.88 Å². The van der Waals surface area contributed by atoms with Crippen LogP contribution in [-0.2, 0) is 15.0 Å². The number of hydrogen-bond donors (Lipinski definition) is 1. The summed E-state index contributed by atoms with van der Waals surface area (Å²) in [6.45, 7) is 2.92. The van der Waals surface area contributed by atoms with Crippen molar-refractivity contribution >= 4 is 21.7 Å². The highest BCUT2D eigenvalue weighted by molar-refractivity contribution is 7.86. The first-order chi connectivity index (χ1) is 10.8. The maximum atomic E-state index is 12.3. The third-order valence-corrected chi connectivity index (χ3v) is 4.87. The smallest absolute Gasteiger partial charge is 0.277 e. The van der Waals surface area contributed by atoms with Crippen LogP contribution in [0.1, 0.15) is 12.5 Å². The molecule has 1 saturated heterocycles. The third kappa shape index (κ3) is 4.31. The molecule has 0 aliphatic carbocycles. The quantitative estimate of drug-likeness (QED) is 0.806. The minimum absolute atomic E-state index is 0.150. The average Bonchev–Trinajstić information content (AvgIpc) is 2.54. The van der Waals surface area contributed by atoms with Crippen molar-refractivity contribution in [2.45, 2.75) is 6.92 Å². The average molecular weight is 339 g/mol. The van der Waals surface area contributed by atoms with Gasteiger partial charge < -0.3 is 9.64 Å². The molecule has 1 aromatic rings. The van der Waals surface area contributed by atoms with Crippen LogP contribution >= 0.6 is 0 Å². The van der Waals surface area contributed by atoms with Crippen LogP contribution in [0.3, 0.4) is 0 Å². The van der Waals surface area contributed by atoms with E-state index in [1.54, 1.807) is 18.1 Å². The molecule has 0 unspecified atom stereocenters. The second kappa shape index (κ2) is 7.12. The molecule has 0 bridgehead atoms. The molecular weight excluding hydrogens is 318 g/mol. The maximum Gasteiger partial charge on any atom is 0.277 e. The molecule has 1 fully saturated rings. The van der Waals surface area contributed by atoms with E-state index in [1.165, 1.54) is 4.31 Å². The first-order valence-electron chi connectivity index (χ1n) is 7.21. The predicted molar refractivity (Wildman–Crippen MR) is 87.9 cm³/mol. The Bertz CT molecular complexity index is 707. The van der Waals surface area contributed by atoms with Crippen molar-refractivity contribution in [3.05, 3.63) is 35.9 Å². The van der Waals surface area contributed by atoms with E-state index in [4.69, 9.17) is 9.88 Å². The highest BCUT2D eigenvalue weighted by Crippen LogP contribution is 2.25. The fourth-order valence-corrected chi connectivity index (χ4v) is 3.16. The monoisotopic (exact) mass is 339 g/mol. The first kappa shape index (κ1) is 17.5. The predicted octanol–water partition coefficient (Wildman–Crippen LogP) is 0.446. The molecule has 0 aromatic heterocycles. The van der Waals surface area contributed by atoms with Gasteiger partial charge in [-0.05, 0) is 18.6 Å². The zero-order chi connectivity index (χ0) is 17.0. The molecule has 1 heterocycles. The molecule has 1 aliphatic heterocycles. The van der Waals surface area contributed by atoms with E-state index in [2.05, 4.69) is 0 Å². The van der Waals surface area contributed by atoms with Crippen molar-refractivity contribution in [1.29, 1.82) is 0 Å². The summed E-state index contributed by atoms with van der Waals surface area (Å²) in [6.07, 6.45) is 1.55. The summed E-state index contributed by atoms with van der Waals surface area (Å²) in [5.74, 6) is 0.551. The van der Waals surface area contributed by atoms with E-state index in [0.29, 0.717) is 18.8 Å². The van der Waals surface area contributed by atoms with Gasteiger partial charge in [-0.15, -0.1) is 0 Å². The number of ether oxygens (including phenoxy) is 1. The fourth-order valence-electron chi connectivity index (χ4n) is 2.49. The number of rotatable bonds is 4. The van der Waals surface area contributed by atoms with Gasteiger partial charge in [0, 0.05) is 37.8 Å². The fraction of sp³-hybridized carbons (Fsp3) is 0.400. The molecule has 126 valence electrons. The number of carbonyl (C=O) groups excluding carboxylic acids is 1. The van der Waals surface area contributed by atoms with Gasteiger partial charge in [0.25, 0.3) is 10.2 Å². The van der Waals surface area contributed by atoms with Crippen LogP contribution in [0.4, 0.5) is 0 Å². The molecular formula is C15H21N3O4S. The summed E-state index contributed by atoms with van der Waals surface area (Å²) in [4.78, 5) is 14.0. The summed E-state index contributed by atoms with van der Waals surface area (Å²) >= 11 is 0. The molecule has 0 radical (unpaired) electrons. The Balaban J connectivity index is 2.07. The van der Waals surface area contributed by atoms with Crippen LogP contribution in [-0.4, -0.2) is 56.8 Å². The van der Waals surface area contributed by atoms with Crippen LogP contribution in [0.25, 0.3) is 5.57 Å². The lowest BCUT2D eigenvalue weighted by Crippen LogP contribution is -2.51. The number of allylic oxidation sites excluding steroid dienone is 1. The number of benzene rings is 1. The third-order valence-electron chi connectivity index (χ3n) is 3.78. The zero-order valence-corrected chi connectivity index (χ0v) is 14.0. The standard InChI is InChI=1S/C15H21N3O4S/c1-12(13-5-3-4-6-14(13)22-2)11-15(19)17-7-9-18(10-8-17)23(16,20)21/h3-6,11H,7-10H2,1-2H3,(H2,16,20,21)/b12-11+. The van der Waals surface area contributed by atoms with E-state index in [1.807, 2.05) is 31.2 Å². The van der Waals surface area contributed by atoms with Gasteiger partial charge in [-0.2, -0.15) is 12.7 Å². The van der Waals surface area contributed by atoms with Crippen molar-refractivity contribution in [1.82, 2.24) is 9.21 Å². The van der Waals surface area contributed by atoms with Crippen molar-refractivity contribution in [3.8, 4) is 5.75 Å². The lowest BCUT2D eigenvalue weighted by molar-refractivity contribution is -0.127. The van der Waals surface area contributed by atoms with E-state index < -0.39 is 10.2 Å². The molecule has 0 atom stereocenters. The molecule has 8 heteroatoms. The van der Waals surface area contributed by atoms with Gasteiger partial charge in [0.05, 0.1) is 7.11 Å². The van der Waals surface area contributed by atoms with Gasteiger partial charge in [0.15, 0.2) is 0 Å². The van der Waals surface area contributed by atoms with Crippen LogP contribution in [0.15, 0.2) is 30.3 Å². The number of piperazine rings is 1. The molecule has 7 nitrogen and oxygen atoms in total. The number of nitrogens with zero attached hydrogens (tertiary/aromatic N) is 2. The Morgan fingerprint density at radius 2 is 1.83 bits per heavy atom. The largest absolute Gasteiger partial charge is 0.496 e. The summed E-state index contributed by atoms with van der Waals surface area (Å²) < 4.78 is 29.0. The van der Waals surface area contributed by atoms with Crippen molar-refractivity contribution in [2.75, 3.05) is 33.3 Å². The molecule has 23 heavy (non-hydrogen) atoms. The second-order valence-electron chi connectivity index (χ2n) is 5.30. The van der Waals surface area contributed by atoms with Gasteiger partial charge >= 0.3 is 0 Å². The molecule has 2 N–H and O–H groups in total. The highest BCUT2D eigenvalue weighted by Gasteiger charge is 2.25. The lowest BCUT2D eigenvalue weighted by atomic mass is 10.1. The van der Waals surface area contributed by atoms with Gasteiger partial charge in [0.2, 0.25) is 5.91 Å². The normalized spacial score (nSPS) is 17.2. The SMILES string of the molecule is COc1ccccc1/C(C)=C/C(=O)N1CCN(S(N)(=O)=O)CC1. The van der Waals surface area contributed by atoms with E-state index in [9.17, 15) is 13.2 Å². The topological polar surface area (TPSA) is 92.9 Å². The van der Waals surface area contributed by atoms with E-state index in [0.717, 1.165) is 11.1 Å². The van der Waals surface area contributed by atoms with Gasteiger partial charge in [-0.25, -0.2) is 5.14 Å². The lowest BCUT2D eigenvalue weighted by Gasteiger charge is -2.32. The summed E-state index contributed by atoms with van der Waals surface area (Å²) in [5.41, 5.74) is 1.65. The summed E-state index contributed by atoms with van der Waals surface area (Å²) in [6, 6.07) is 7.47. The molecule has 1 aromatic carbocycles. The zero-order valence-electron chi connectivity index (χ0n) is 13.2. The Hall–Kier alpha value is -1.90. The second-order valence-corrected chi connectivity index (χ2v) is 6.84. The van der Waals surface area contributed by atoms with Crippen LogP contribution in [0.5, 0.6) is 5.75 Å². The molecule has 1 amide bonds. The van der Waals surface area contributed by atoms with Crippen molar-refractivity contribution in [3.63, 3.8) is 0 Å². The number of hydrogen-bond acceptors (Lipinski definition) is 4. The highest BCUT2D eigenvalue weighted by atomic mass is 32.2. The maximum absolute atomic E-state index is 12.3. The molecule has 0 spiro atoms. The van der Waals surface area contributed by atoms with Gasteiger partial charge in [-0.1, -0.05) is 18.2 Å². The van der Waals surface area contributed by atoms with Gasteiger partial charge in [0.1, 0.15) is 5.75 Å². The Morgan fingerprint density at radius 1 is 1.22 bits per heavy atom. The minimum atomic E-state index is -3.69. The number of para-hydroxylation sites is 1. The number of amides is 1. The van der Waals surface area contributed by atoms with Crippen molar-refractivity contribution in [2.24, 2.45) is 5.14 Å². The summed E-state index contributed by atoms with van der Waals surface area (Å²) in [5, 5.41) is 5.09. The number of carbonyl (C=O) groups is 1. The minimum Gasteiger partial charge on any atom is -0.496 e. The van der Waals surface area contributed by atoms with Gasteiger partial charge in [-0.3, -0.25) is 4.79 Å². The Morgan fingerprint density at radius 3 is 2.39 bits per heavy atom. The molecule has 1 aliphatic rings. The van der Waals surface area contributed by atoms with Crippen LogP contribution in [0, 0.1) is 0 Å². The number of nitrogens with two attached hydrogens (primary N) is 1. The molecule has 2 rings (SSSR count). The van der Waals surface area contributed by atoms with Crippen molar-refractivity contribution < 1.29 is 17.9 Å². The van der Waals surface area contributed by atoms with E-state index in [-0.39, 0.29) is 19.0 Å². The number of methoxy groups -OCH3 is 1. The van der Waals surface area contributed by atoms with E-state index >= 15 is 0 Å². The molecule has 0 saturated carbocycles.